The summed E-state index contributed by atoms with van der Waals surface area (Å²) in [6.45, 7) is 0.294. The molecule has 0 bridgehead atoms. The molecule has 2 aromatic heterocycles. The van der Waals surface area contributed by atoms with Gasteiger partial charge in [-0.25, -0.2) is 0 Å². The number of furan rings is 1. The molecule has 2 unspecified atom stereocenters. The Balaban J connectivity index is 1.42. The lowest BCUT2D eigenvalue weighted by molar-refractivity contribution is -0.384. The highest BCUT2D eigenvalue weighted by Crippen LogP contribution is 2.41. The third-order valence-electron chi connectivity index (χ3n) is 6.44. The molecule has 3 heterocycles. The first-order valence-corrected chi connectivity index (χ1v) is 12.6. The molecule has 0 aliphatic carbocycles. The Morgan fingerprint density at radius 3 is 2.67 bits per heavy atom. The average molecular weight is 544 g/mol. The minimum Gasteiger partial charge on any atom is -0.495 e. The van der Waals surface area contributed by atoms with Crippen molar-refractivity contribution in [3.05, 3.63) is 107 Å². The predicted molar refractivity (Wildman–Crippen MR) is 149 cm³/mol. The number of rotatable bonds is 9. The Kier molecular flexibility index (Phi) is 7.50. The van der Waals surface area contributed by atoms with Gasteiger partial charge in [0.1, 0.15) is 23.3 Å². The lowest BCUT2D eigenvalue weighted by Crippen LogP contribution is -2.32. The molecule has 0 saturated carbocycles. The summed E-state index contributed by atoms with van der Waals surface area (Å²) < 4.78 is 11.5. The van der Waals surface area contributed by atoms with E-state index in [0.717, 1.165) is 5.69 Å². The van der Waals surface area contributed by atoms with Crippen LogP contribution < -0.4 is 15.4 Å². The minimum absolute atomic E-state index is 0.0513. The number of anilines is 1. The molecule has 39 heavy (non-hydrogen) atoms. The highest BCUT2D eigenvalue weighted by molar-refractivity contribution is 7.80. The van der Waals surface area contributed by atoms with Gasteiger partial charge < -0.3 is 24.7 Å². The zero-order valence-corrected chi connectivity index (χ0v) is 21.8. The lowest BCUT2D eigenvalue weighted by Gasteiger charge is -2.26. The van der Waals surface area contributed by atoms with Crippen molar-refractivity contribution in [2.24, 2.45) is 0 Å². The molecule has 198 valence electrons. The molecule has 5 rings (SSSR count). The maximum Gasteiger partial charge on any atom is 0.280 e. The second kappa shape index (κ2) is 11.3. The fraction of sp³-hybridized carbons (Fsp3) is 0.179. The van der Waals surface area contributed by atoms with Crippen LogP contribution >= 0.6 is 12.2 Å². The molecular formula is C28H25N5O5S. The van der Waals surface area contributed by atoms with Gasteiger partial charge in [-0.3, -0.25) is 19.9 Å². The fourth-order valence-corrected chi connectivity index (χ4v) is 4.97. The maximum absolute atomic E-state index is 12.9. The van der Waals surface area contributed by atoms with Gasteiger partial charge in [0.2, 0.25) is 5.91 Å². The van der Waals surface area contributed by atoms with E-state index in [4.69, 9.17) is 21.4 Å². The Hall–Kier alpha value is -4.77. The zero-order valence-electron chi connectivity index (χ0n) is 20.9. The smallest absolute Gasteiger partial charge is 0.280 e. The highest BCUT2D eigenvalue weighted by Gasteiger charge is 2.41. The van der Waals surface area contributed by atoms with E-state index in [9.17, 15) is 14.9 Å². The van der Waals surface area contributed by atoms with Gasteiger partial charge in [-0.15, -0.1) is 0 Å². The van der Waals surface area contributed by atoms with Crippen molar-refractivity contribution < 1.29 is 18.9 Å². The Labute approximate surface area is 229 Å². The SMILES string of the molecule is COc1ccccc1NC(=O)CCN1C(=S)NC(c2ccccn2)C1c1ccc(-c2ccccc2[N+](=O)[O-])o1. The number of aromatic nitrogens is 1. The van der Waals surface area contributed by atoms with Crippen LogP contribution in [0.3, 0.4) is 0 Å². The number of hydrogen-bond donors (Lipinski definition) is 2. The number of carbonyl (C=O) groups excluding carboxylic acids is 1. The van der Waals surface area contributed by atoms with E-state index in [1.807, 2.05) is 35.2 Å². The number of methoxy groups -OCH3 is 1. The van der Waals surface area contributed by atoms with Gasteiger partial charge in [-0.05, 0) is 54.7 Å². The summed E-state index contributed by atoms with van der Waals surface area (Å²) in [6, 6.07) is 21.9. The van der Waals surface area contributed by atoms with E-state index in [-0.39, 0.29) is 24.1 Å². The van der Waals surface area contributed by atoms with Crippen LogP contribution in [0.1, 0.15) is 30.0 Å². The summed E-state index contributed by atoms with van der Waals surface area (Å²) in [5, 5.41) is 18.2. The number of thiocarbonyl (C=S) groups is 1. The molecule has 1 saturated heterocycles. The van der Waals surface area contributed by atoms with Crippen LogP contribution in [0.25, 0.3) is 11.3 Å². The van der Waals surface area contributed by atoms with Gasteiger partial charge in [-0.2, -0.15) is 0 Å². The highest BCUT2D eigenvalue weighted by atomic mass is 32.1. The number of amides is 1. The van der Waals surface area contributed by atoms with E-state index in [2.05, 4.69) is 15.6 Å². The van der Waals surface area contributed by atoms with Crippen LogP contribution in [0, 0.1) is 10.1 Å². The molecule has 2 N–H and O–H groups in total. The molecule has 11 heteroatoms. The third-order valence-corrected chi connectivity index (χ3v) is 6.80. The summed E-state index contributed by atoms with van der Waals surface area (Å²) in [7, 11) is 1.54. The summed E-state index contributed by atoms with van der Waals surface area (Å²) in [4.78, 5) is 30.4. The molecule has 1 fully saturated rings. The standard InChI is InChI=1S/C28H25N5O5S/c1-37-23-12-5-3-9-19(23)30-25(34)15-17-32-27(26(31-28(32)39)20-10-6-7-16-29-20)24-14-13-22(38-24)18-8-2-4-11-21(18)33(35)36/h2-14,16,26-27H,15,17H2,1H3,(H,30,34)(H,31,39). The quantitative estimate of drug-likeness (QED) is 0.165. The Bertz CT molecular complexity index is 1510. The largest absolute Gasteiger partial charge is 0.495 e. The van der Waals surface area contributed by atoms with E-state index in [1.165, 1.54) is 6.07 Å². The van der Waals surface area contributed by atoms with Crippen LogP contribution in [0.5, 0.6) is 5.75 Å². The lowest BCUT2D eigenvalue weighted by atomic mass is 10.0. The van der Waals surface area contributed by atoms with Crippen molar-refractivity contribution in [2.45, 2.75) is 18.5 Å². The number of nitrogens with zero attached hydrogens (tertiary/aromatic N) is 3. The normalized spacial score (nSPS) is 16.5. The van der Waals surface area contributed by atoms with E-state index >= 15 is 0 Å². The number of benzene rings is 2. The van der Waals surface area contributed by atoms with Gasteiger partial charge in [-0.1, -0.05) is 30.3 Å². The number of hydrogen-bond acceptors (Lipinski definition) is 7. The summed E-state index contributed by atoms with van der Waals surface area (Å²) in [5.74, 6) is 1.26. The molecule has 0 spiro atoms. The van der Waals surface area contributed by atoms with Crippen LogP contribution in [0.2, 0.25) is 0 Å². The molecular weight excluding hydrogens is 518 g/mol. The number of ether oxygens (including phenoxy) is 1. The van der Waals surface area contributed by atoms with Crippen molar-refractivity contribution >= 4 is 34.6 Å². The molecule has 4 aromatic rings. The van der Waals surface area contributed by atoms with Crippen molar-refractivity contribution in [3.63, 3.8) is 0 Å². The first kappa shape index (κ1) is 25.9. The van der Waals surface area contributed by atoms with Gasteiger partial charge in [0.15, 0.2) is 5.11 Å². The molecule has 10 nitrogen and oxygen atoms in total. The molecule has 1 aliphatic rings. The van der Waals surface area contributed by atoms with Gasteiger partial charge in [0, 0.05) is 25.2 Å². The number of nitro groups is 1. The summed E-state index contributed by atoms with van der Waals surface area (Å²) >= 11 is 5.68. The first-order chi connectivity index (χ1) is 19.0. The molecule has 1 aliphatic heterocycles. The van der Waals surface area contributed by atoms with Gasteiger partial charge >= 0.3 is 0 Å². The fourth-order valence-electron chi connectivity index (χ4n) is 4.64. The van der Waals surface area contributed by atoms with Crippen molar-refractivity contribution in [3.8, 4) is 17.1 Å². The first-order valence-electron chi connectivity index (χ1n) is 12.2. The van der Waals surface area contributed by atoms with E-state index < -0.39 is 11.0 Å². The van der Waals surface area contributed by atoms with Crippen molar-refractivity contribution in [1.82, 2.24) is 15.2 Å². The number of nitrogens with one attached hydrogen (secondary N) is 2. The molecule has 2 atom stereocenters. The molecule has 1 amide bonds. The number of carbonyl (C=O) groups is 1. The number of para-hydroxylation sites is 3. The molecule has 0 radical (unpaired) electrons. The third kappa shape index (κ3) is 5.43. The van der Waals surface area contributed by atoms with E-state index in [0.29, 0.717) is 40.2 Å². The predicted octanol–water partition coefficient (Wildman–Crippen LogP) is 5.26. The van der Waals surface area contributed by atoms with Crippen molar-refractivity contribution in [1.29, 1.82) is 0 Å². The number of pyridine rings is 1. The van der Waals surface area contributed by atoms with Crippen LogP contribution in [-0.2, 0) is 4.79 Å². The van der Waals surface area contributed by atoms with Crippen LogP contribution in [0.4, 0.5) is 11.4 Å². The maximum atomic E-state index is 12.9. The van der Waals surface area contributed by atoms with Crippen LogP contribution in [-0.4, -0.2) is 39.5 Å². The average Bonchev–Trinajstić information content (AvgIpc) is 3.57. The number of nitro benzene ring substituents is 1. The van der Waals surface area contributed by atoms with Gasteiger partial charge in [0.25, 0.3) is 5.69 Å². The monoisotopic (exact) mass is 543 g/mol. The van der Waals surface area contributed by atoms with Crippen molar-refractivity contribution in [2.75, 3.05) is 19.0 Å². The van der Waals surface area contributed by atoms with Gasteiger partial charge in [0.05, 0.1) is 35.0 Å². The summed E-state index contributed by atoms with van der Waals surface area (Å²) in [5.41, 5.74) is 1.65. The summed E-state index contributed by atoms with van der Waals surface area (Å²) in [6.07, 6.45) is 1.84. The minimum atomic E-state index is -0.442. The zero-order chi connectivity index (χ0) is 27.4. The Morgan fingerprint density at radius 2 is 1.90 bits per heavy atom. The topological polar surface area (TPSA) is 123 Å². The van der Waals surface area contributed by atoms with E-state index in [1.54, 1.807) is 55.8 Å². The van der Waals surface area contributed by atoms with Crippen LogP contribution in [0.15, 0.2) is 89.5 Å². The molecule has 2 aromatic carbocycles. The second-order valence-corrected chi connectivity index (χ2v) is 9.18. The Morgan fingerprint density at radius 1 is 1.13 bits per heavy atom. The second-order valence-electron chi connectivity index (χ2n) is 8.79.